The molecule has 1 aliphatic carbocycles. The van der Waals surface area contributed by atoms with Crippen LogP contribution in [-0.2, 0) is 10.0 Å². The van der Waals surface area contributed by atoms with Crippen molar-refractivity contribution in [3.8, 4) is 0 Å². The van der Waals surface area contributed by atoms with E-state index in [0.717, 1.165) is 38.8 Å². The van der Waals surface area contributed by atoms with Crippen molar-refractivity contribution in [3.63, 3.8) is 0 Å². The van der Waals surface area contributed by atoms with Gasteiger partial charge in [-0.2, -0.15) is 4.31 Å². The molecule has 16 heavy (non-hydrogen) atoms. The van der Waals surface area contributed by atoms with Crippen molar-refractivity contribution >= 4 is 22.4 Å². The molecule has 0 aromatic rings. The van der Waals surface area contributed by atoms with Crippen molar-refractivity contribution in [2.45, 2.75) is 43.9 Å². The first-order chi connectivity index (χ1) is 7.16. The summed E-state index contributed by atoms with van der Waals surface area (Å²) < 4.78 is 26.0. The van der Waals surface area contributed by atoms with Crippen LogP contribution in [0, 0.1) is 0 Å². The van der Waals surface area contributed by atoms with Crippen LogP contribution in [0.1, 0.15) is 32.6 Å². The maximum absolute atomic E-state index is 12.1. The molecule has 1 atom stereocenters. The predicted octanol–water partition coefficient (Wildman–Crippen LogP) is 0.974. The first-order valence-corrected chi connectivity index (χ1v) is 7.38. The molecule has 2 aliphatic rings. The molecule has 0 aromatic carbocycles. The summed E-state index contributed by atoms with van der Waals surface area (Å²) in [5, 5.41) is 3.21. The van der Waals surface area contributed by atoms with E-state index in [1.807, 2.05) is 0 Å². The van der Waals surface area contributed by atoms with Crippen LogP contribution in [0.15, 0.2) is 0 Å². The zero-order valence-corrected chi connectivity index (χ0v) is 11.3. The minimum atomic E-state index is -2.97. The fourth-order valence-electron chi connectivity index (χ4n) is 2.21. The van der Waals surface area contributed by atoms with Crippen LogP contribution in [0.4, 0.5) is 0 Å². The second-order valence-electron chi connectivity index (χ2n) is 4.50. The van der Waals surface area contributed by atoms with Crippen LogP contribution in [0.2, 0.25) is 0 Å². The highest BCUT2D eigenvalue weighted by Gasteiger charge is 2.43. The number of rotatable bonds is 4. The normalized spacial score (nSPS) is 27.4. The smallest absolute Gasteiger partial charge is 0.217 e. The van der Waals surface area contributed by atoms with Crippen molar-refractivity contribution in [3.05, 3.63) is 0 Å². The molecule has 1 saturated carbocycles. The third-order valence-corrected chi connectivity index (χ3v) is 5.64. The number of hydrogen-bond acceptors (Lipinski definition) is 3. The van der Waals surface area contributed by atoms with Crippen LogP contribution >= 0.6 is 12.4 Å². The van der Waals surface area contributed by atoms with Crippen molar-refractivity contribution in [2.24, 2.45) is 0 Å². The molecule has 1 heterocycles. The third kappa shape index (κ3) is 2.88. The number of nitrogens with zero attached hydrogens (tertiary/aromatic N) is 1. The fourth-order valence-corrected chi connectivity index (χ4v) is 4.27. The van der Waals surface area contributed by atoms with Gasteiger partial charge in [0.25, 0.3) is 0 Å². The molecular weight excluding hydrogens is 248 g/mol. The fraction of sp³-hybridized carbons (Fsp3) is 1.00. The highest BCUT2D eigenvalue weighted by Crippen LogP contribution is 2.32. The lowest BCUT2D eigenvalue weighted by Crippen LogP contribution is -2.54. The Bertz CT molecular complexity index is 315. The van der Waals surface area contributed by atoms with Gasteiger partial charge in [-0.3, -0.25) is 0 Å². The summed E-state index contributed by atoms with van der Waals surface area (Å²) in [6, 6.07) is 0.189. The van der Waals surface area contributed by atoms with Gasteiger partial charge >= 0.3 is 0 Å². The summed E-state index contributed by atoms with van der Waals surface area (Å²) >= 11 is 0. The Morgan fingerprint density at radius 3 is 2.62 bits per heavy atom. The SMILES string of the molecule is CCCC1CNCCN1S(=O)(=O)C1CC1.Cl. The lowest BCUT2D eigenvalue weighted by atomic mass is 10.1. The van der Waals surface area contributed by atoms with Gasteiger partial charge in [0, 0.05) is 25.7 Å². The predicted molar refractivity (Wildman–Crippen MR) is 67.5 cm³/mol. The molecule has 2 rings (SSSR count). The van der Waals surface area contributed by atoms with Gasteiger partial charge in [0.05, 0.1) is 5.25 Å². The summed E-state index contributed by atoms with van der Waals surface area (Å²) in [6.07, 6.45) is 3.75. The van der Waals surface area contributed by atoms with Gasteiger partial charge in [-0.05, 0) is 19.3 Å². The van der Waals surface area contributed by atoms with E-state index in [9.17, 15) is 8.42 Å². The number of piperazine rings is 1. The standard InChI is InChI=1S/C10H20N2O2S.ClH/c1-2-3-9-8-11-6-7-12(9)15(13,14)10-4-5-10;/h9-11H,2-8H2,1H3;1H. The zero-order chi connectivity index (χ0) is 10.9. The Labute approximate surface area is 104 Å². The topological polar surface area (TPSA) is 49.4 Å². The van der Waals surface area contributed by atoms with E-state index >= 15 is 0 Å². The highest BCUT2D eigenvalue weighted by atomic mass is 35.5. The molecule has 6 heteroatoms. The Morgan fingerprint density at radius 1 is 1.38 bits per heavy atom. The summed E-state index contributed by atoms with van der Waals surface area (Å²) in [4.78, 5) is 0. The van der Waals surface area contributed by atoms with E-state index in [1.54, 1.807) is 4.31 Å². The lowest BCUT2D eigenvalue weighted by Gasteiger charge is -2.35. The first kappa shape index (κ1) is 14.2. The van der Waals surface area contributed by atoms with Crippen LogP contribution in [0.25, 0.3) is 0 Å². The largest absolute Gasteiger partial charge is 0.314 e. The van der Waals surface area contributed by atoms with E-state index in [0.29, 0.717) is 6.54 Å². The van der Waals surface area contributed by atoms with Gasteiger partial charge in [-0.1, -0.05) is 13.3 Å². The van der Waals surface area contributed by atoms with E-state index in [-0.39, 0.29) is 23.7 Å². The first-order valence-electron chi connectivity index (χ1n) is 5.87. The second-order valence-corrected chi connectivity index (χ2v) is 6.67. The highest BCUT2D eigenvalue weighted by molar-refractivity contribution is 7.90. The number of halogens is 1. The van der Waals surface area contributed by atoms with Gasteiger partial charge in [0.15, 0.2) is 0 Å². The van der Waals surface area contributed by atoms with Crippen molar-refractivity contribution < 1.29 is 8.42 Å². The molecule has 0 amide bonds. The molecule has 1 aliphatic heterocycles. The Balaban J connectivity index is 0.00000128. The van der Waals surface area contributed by atoms with Crippen LogP contribution < -0.4 is 5.32 Å². The Morgan fingerprint density at radius 2 is 2.06 bits per heavy atom. The summed E-state index contributed by atoms with van der Waals surface area (Å²) in [7, 11) is -2.97. The average molecular weight is 269 g/mol. The van der Waals surface area contributed by atoms with Crippen LogP contribution in [-0.4, -0.2) is 43.6 Å². The molecule has 1 saturated heterocycles. The molecule has 96 valence electrons. The maximum Gasteiger partial charge on any atom is 0.217 e. The van der Waals surface area contributed by atoms with Crippen molar-refractivity contribution in [2.75, 3.05) is 19.6 Å². The van der Waals surface area contributed by atoms with Crippen LogP contribution in [0.5, 0.6) is 0 Å². The second kappa shape index (κ2) is 5.67. The number of nitrogens with one attached hydrogen (secondary N) is 1. The van der Waals surface area contributed by atoms with Gasteiger partial charge in [-0.25, -0.2) is 8.42 Å². The van der Waals surface area contributed by atoms with Gasteiger partial charge in [0.2, 0.25) is 10.0 Å². The summed E-state index contributed by atoms with van der Waals surface area (Å²) in [5.74, 6) is 0. The van der Waals surface area contributed by atoms with Gasteiger partial charge in [-0.15, -0.1) is 12.4 Å². The summed E-state index contributed by atoms with van der Waals surface area (Å²) in [6.45, 7) is 4.38. The molecule has 1 N–H and O–H groups in total. The minimum Gasteiger partial charge on any atom is -0.314 e. The quantitative estimate of drug-likeness (QED) is 0.827. The molecule has 2 fully saturated rings. The van der Waals surface area contributed by atoms with E-state index in [4.69, 9.17) is 0 Å². The third-order valence-electron chi connectivity index (χ3n) is 3.19. The zero-order valence-electron chi connectivity index (χ0n) is 9.68. The number of sulfonamides is 1. The molecular formula is C10H21ClN2O2S. The molecule has 0 spiro atoms. The molecule has 0 bridgehead atoms. The number of hydrogen-bond donors (Lipinski definition) is 1. The van der Waals surface area contributed by atoms with Crippen molar-refractivity contribution in [1.82, 2.24) is 9.62 Å². The van der Waals surface area contributed by atoms with Gasteiger partial charge in [0.1, 0.15) is 0 Å². The Kier molecular flexibility index (Phi) is 5.04. The van der Waals surface area contributed by atoms with Crippen LogP contribution in [0.3, 0.4) is 0 Å². The molecule has 0 aromatic heterocycles. The molecule has 1 unspecified atom stereocenters. The lowest BCUT2D eigenvalue weighted by molar-refractivity contribution is 0.254. The Hall–Kier alpha value is 0.160. The van der Waals surface area contributed by atoms with Gasteiger partial charge < -0.3 is 5.32 Å². The average Bonchev–Trinajstić information content (AvgIpc) is 3.02. The monoisotopic (exact) mass is 268 g/mol. The van der Waals surface area contributed by atoms with E-state index in [2.05, 4.69) is 12.2 Å². The molecule has 0 radical (unpaired) electrons. The van der Waals surface area contributed by atoms with E-state index in [1.165, 1.54) is 0 Å². The molecule has 4 nitrogen and oxygen atoms in total. The summed E-state index contributed by atoms with van der Waals surface area (Å²) in [5.41, 5.74) is 0. The maximum atomic E-state index is 12.1. The van der Waals surface area contributed by atoms with E-state index < -0.39 is 10.0 Å². The minimum absolute atomic E-state index is 0. The van der Waals surface area contributed by atoms with Crippen molar-refractivity contribution in [1.29, 1.82) is 0 Å².